The zero-order valence-corrected chi connectivity index (χ0v) is 12.2. The number of hydrogen-bond donors (Lipinski definition) is 2. The van der Waals surface area contributed by atoms with E-state index < -0.39 is 0 Å². The quantitative estimate of drug-likeness (QED) is 0.902. The first-order valence-corrected chi connectivity index (χ1v) is 7.42. The van der Waals surface area contributed by atoms with E-state index in [1.54, 1.807) is 0 Å². The molecule has 1 aliphatic rings. The lowest BCUT2D eigenvalue weighted by molar-refractivity contribution is 0.0952. The number of rotatable bonds is 4. The van der Waals surface area contributed by atoms with Crippen LogP contribution >= 0.6 is 0 Å². The van der Waals surface area contributed by atoms with E-state index in [0.717, 1.165) is 24.1 Å². The Labute approximate surface area is 125 Å². The number of amides is 1. The van der Waals surface area contributed by atoms with Gasteiger partial charge in [0.25, 0.3) is 5.91 Å². The molecule has 0 bridgehead atoms. The Morgan fingerprint density at radius 2 is 2.10 bits per heavy atom. The van der Waals surface area contributed by atoms with Crippen molar-refractivity contribution in [3.8, 4) is 0 Å². The van der Waals surface area contributed by atoms with Crippen LogP contribution in [0.2, 0.25) is 0 Å². The molecule has 1 heterocycles. The third kappa shape index (κ3) is 3.07. The van der Waals surface area contributed by atoms with Crippen LogP contribution in [0.25, 0.3) is 0 Å². The lowest BCUT2D eigenvalue weighted by atomic mass is 9.98. The molecule has 3 nitrogen and oxygen atoms in total. The normalized spacial score (nSPS) is 16.1. The van der Waals surface area contributed by atoms with Gasteiger partial charge in [0.1, 0.15) is 0 Å². The molecule has 0 saturated heterocycles. The minimum atomic E-state index is 0.0120. The summed E-state index contributed by atoms with van der Waals surface area (Å²) in [6.45, 7) is 3.66. The number of anilines is 1. The van der Waals surface area contributed by atoms with Gasteiger partial charge in [-0.05, 0) is 37.1 Å². The van der Waals surface area contributed by atoms with Crippen molar-refractivity contribution in [2.45, 2.75) is 19.3 Å². The fourth-order valence-corrected chi connectivity index (χ4v) is 2.86. The van der Waals surface area contributed by atoms with E-state index in [1.807, 2.05) is 37.3 Å². The van der Waals surface area contributed by atoms with Gasteiger partial charge in [-0.15, -0.1) is 0 Å². The second-order valence-electron chi connectivity index (χ2n) is 5.58. The summed E-state index contributed by atoms with van der Waals surface area (Å²) in [4.78, 5) is 12.1. The molecule has 0 saturated carbocycles. The molecule has 1 aliphatic heterocycles. The van der Waals surface area contributed by atoms with E-state index in [2.05, 4.69) is 28.8 Å². The smallest absolute Gasteiger partial charge is 0.251 e. The summed E-state index contributed by atoms with van der Waals surface area (Å²) in [6.07, 6.45) is 0.960. The number of aryl methyl sites for hydroxylation is 1. The topological polar surface area (TPSA) is 41.1 Å². The summed E-state index contributed by atoms with van der Waals surface area (Å²) in [5.41, 5.74) is 4.44. The van der Waals surface area contributed by atoms with Crippen LogP contribution in [0.3, 0.4) is 0 Å². The standard InChI is InChI=1S/C18H20N2O/c1-13-5-4-6-14(11-13)18(21)19-10-9-15-12-20-17-8-3-2-7-16(15)17/h2-8,11,15,20H,9-10,12H2,1H3,(H,19,21). The van der Waals surface area contributed by atoms with Crippen LogP contribution in [0.1, 0.15) is 33.8 Å². The SMILES string of the molecule is Cc1cccc(C(=O)NCCC2CNc3ccccc32)c1. The molecule has 3 heteroatoms. The first-order chi connectivity index (χ1) is 10.2. The first kappa shape index (κ1) is 13.7. The lowest BCUT2D eigenvalue weighted by Gasteiger charge is -2.11. The average molecular weight is 280 g/mol. The fraction of sp³-hybridized carbons (Fsp3) is 0.278. The van der Waals surface area contributed by atoms with E-state index in [1.165, 1.54) is 11.3 Å². The molecule has 21 heavy (non-hydrogen) atoms. The van der Waals surface area contributed by atoms with Crippen molar-refractivity contribution in [1.29, 1.82) is 0 Å². The molecule has 2 aromatic rings. The zero-order chi connectivity index (χ0) is 14.7. The van der Waals surface area contributed by atoms with Gasteiger partial charge in [0, 0.05) is 30.3 Å². The zero-order valence-electron chi connectivity index (χ0n) is 12.2. The number of fused-ring (bicyclic) bond motifs is 1. The van der Waals surface area contributed by atoms with Gasteiger partial charge >= 0.3 is 0 Å². The molecule has 108 valence electrons. The molecule has 2 N–H and O–H groups in total. The second-order valence-corrected chi connectivity index (χ2v) is 5.58. The Bertz CT molecular complexity index is 651. The first-order valence-electron chi connectivity index (χ1n) is 7.42. The maximum absolute atomic E-state index is 12.1. The van der Waals surface area contributed by atoms with Gasteiger partial charge in [-0.1, -0.05) is 35.9 Å². The summed E-state index contributed by atoms with van der Waals surface area (Å²) >= 11 is 0. The molecule has 3 rings (SSSR count). The number of benzene rings is 2. The van der Waals surface area contributed by atoms with Crippen molar-refractivity contribution < 1.29 is 4.79 Å². The maximum atomic E-state index is 12.1. The molecule has 0 fully saturated rings. The molecule has 2 aromatic carbocycles. The Morgan fingerprint density at radius 3 is 2.95 bits per heavy atom. The van der Waals surface area contributed by atoms with E-state index in [9.17, 15) is 4.79 Å². The summed E-state index contributed by atoms with van der Waals surface area (Å²) in [5, 5.41) is 6.43. The van der Waals surface area contributed by atoms with Crippen molar-refractivity contribution in [2.75, 3.05) is 18.4 Å². The van der Waals surface area contributed by atoms with Crippen molar-refractivity contribution in [1.82, 2.24) is 5.32 Å². The van der Waals surface area contributed by atoms with Crippen LogP contribution in [0, 0.1) is 6.92 Å². The van der Waals surface area contributed by atoms with Gasteiger partial charge in [-0.25, -0.2) is 0 Å². The summed E-state index contributed by atoms with van der Waals surface area (Å²) in [7, 11) is 0. The molecule has 0 aliphatic carbocycles. The Morgan fingerprint density at radius 1 is 1.24 bits per heavy atom. The van der Waals surface area contributed by atoms with Crippen molar-refractivity contribution >= 4 is 11.6 Å². The van der Waals surface area contributed by atoms with Crippen molar-refractivity contribution in [2.24, 2.45) is 0 Å². The van der Waals surface area contributed by atoms with E-state index >= 15 is 0 Å². The minimum Gasteiger partial charge on any atom is -0.384 e. The molecule has 1 unspecified atom stereocenters. The Hall–Kier alpha value is -2.29. The maximum Gasteiger partial charge on any atom is 0.251 e. The Kier molecular flexibility index (Phi) is 3.91. The van der Waals surface area contributed by atoms with Gasteiger partial charge in [-0.3, -0.25) is 4.79 Å². The highest BCUT2D eigenvalue weighted by atomic mass is 16.1. The number of carbonyl (C=O) groups is 1. The minimum absolute atomic E-state index is 0.0120. The van der Waals surface area contributed by atoms with Gasteiger partial charge in [-0.2, -0.15) is 0 Å². The van der Waals surface area contributed by atoms with Crippen molar-refractivity contribution in [3.05, 3.63) is 65.2 Å². The second kappa shape index (κ2) is 6.00. The summed E-state index contributed by atoms with van der Waals surface area (Å²) in [5.74, 6) is 0.497. The molecular formula is C18H20N2O. The molecule has 1 atom stereocenters. The van der Waals surface area contributed by atoms with Gasteiger partial charge in [0.15, 0.2) is 0 Å². The van der Waals surface area contributed by atoms with Gasteiger partial charge in [0.05, 0.1) is 0 Å². The number of carbonyl (C=O) groups excluding carboxylic acids is 1. The van der Waals surface area contributed by atoms with Crippen LogP contribution in [0.4, 0.5) is 5.69 Å². The number of para-hydroxylation sites is 1. The van der Waals surface area contributed by atoms with Crippen molar-refractivity contribution in [3.63, 3.8) is 0 Å². The molecular weight excluding hydrogens is 260 g/mol. The number of hydrogen-bond acceptors (Lipinski definition) is 2. The summed E-state index contributed by atoms with van der Waals surface area (Å²) < 4.78 is 0. The van der Waals surface area contributed by atoms with Crippen LogP contribution in [0.15, 0.2) is 48.5 Å². The highest BCUT2D eigenvalue weighted by molar-refractivity contribution is 5.94. The molecule has 0 radical (unpaired) electrons. The largest absolute Gasteiger partial charge is 0.384 e. The van der Waals surface area contributed by atoms with E-state index in [4.69, 9.17) is 0 Å². The lowest BCUT2D eigenvalue weighted by Crippen LogP contribution is -2.26. The predicted octanol–water partition coefficient (Wildman–Crippen LogP) is 3.32. The predicted molar refractivity (Wildman–Crippen MR) is 85.8 cm³/mol. The average Bonchev–Trinajstić information content (AvgIpc) is 2.91. The third-order valence-corrected chi connectivity index (χ3v) is 4.00. The monoisotopic (exact) mass is 280 g/mol. The fourth-order valence-electron chi connectivity index (χ4n) is 2.86. The van der Waals surface area contributed by atoms with Crippen LogP contribution in [-0.4, -0.2) is 19.0 Å². The third-order valence-electron chi connectivity index (χ3n) is 4.00. The highest BCUT2D eigenvalue weighted by Crippen LogP contribution is 2.32. The Balaban J connectivity index is 1.54. The number of nitrogens with one attached hydrogen (secondary N) is 2. The molecule has 0 aromatic heterocycles. The molecule has 0 spiro atoms. The van der Waals surface area contributed by atoms with Crippen LogP contribution in [-0.2, 0) is 0 Å². The van der Waals surface area contributed by atoms with Crippen LogP contribution in [0.5, 0.6) is 0 Å². The van der Waals surface area contributed by atoms with Crippen LogP contribution < -0.4 is 10.6 Å². The van der Waals surface area contributed by atoms with E-state index in [-0.39, 0.29) is 5.91 Å². The van der Waals surface area contributed by atoms with Gasteiger partial charge < -0.3 is 10.6 Å². The van der Waals surface area contributed by atoms with E-state index in [0.29, 0.717) is 12.5 Å². The van der Waals surface area contributed by atoms with Gasteiger partial charge in [0.2, 0.25) is 0 Å². The molecule has 1 amide bonds. The summed E-state index contributed by atoms with van der Waals surface area (Å²) in [6, 6.07) is 16.1. The highest BCUT2D eigenvalue weighted by Gasteiger charge is 2.21.